The molecule has 2 saturated heterocycles. The Morgan fingerprint density at radius 2 is 2.08 bits per heavy atom. The molecule has 2 fully saturated rings. The summed E-state index contributed by atoms with van der Waals surface area (Å²) in [6.07, 6.45) is -1.95. The van der Waals surface area contributed by atoms with Gasteiger partial charge in [0.05, 0.1) is 24.0 Å². The van der Waals surface area contributed by atoms with E-state index in [1.54, 1.807) is 10.9 Å². The number of aliphatic hydroxyl groups excluding tert-OH is 1. The first-order chi connectivity index (χ1) is 10.9. The van der Waals surface area contributed by atoms with Crippen molar-refractivity contribution in [2.24, 2.45) is 0 Å². The monoisotopic (exact) mass is 362 g/mol. The van der Waals surface area contributed by atoms with Crippen LogP contribution in [0.1, 0.15) is 17.4 Å². The zero-order chi connectivity index (χ0) is 16.4. The Morgan fingerprint density at radius 3 is 2.83 bits per heavy atom. The third kappa shape index (κ3) is 3.00. The molecule has 5 atom stereocenters. The summed E-state index contributed by atoms with van der Waals surface area (Å²) in [7, 11) is -4.37. The molecule has 2 aliphatic rings. The van der Waals surface area contributed by atoms with Crippen LogP contribution in [-0.2, 0) is 18.3 Å². The number of hydrogen-bond donors (Lipinski definition) is 1. The van der Waals surface area contributed by atoms with Gasteiger partial charge in [-0.3, -0.25) is 4.57 Å². The summed E-state index contributed by atoms with van der Waals surface area (Å²) in [5.41, 5.74) is 3.80. The molecule has 0 radical (unpaired) electrons. The van der Waals surface area contributed by atoms with E-state index in [0.29, 0.717) is 0 Å². The fraction of sp³-hybridized carbons (Fsp3) is 0.500. The molecule has 0 bridgehead atoms. The SMILES string of the molecule is Cc1cc2ncn([C@@H]3O[C@@H]4COP(=O)([O-])O[C@H]4[C@H]3O)c2cc1C.[Na+]. The summed E-state index contributed by atoms with van der Waals surface area (Å²) >= 11 is 0. The first kappa shape index (κ1) is 18.5. The Labute approximate surface area is 160 Å². The maximum Gasteiger partial charge on any atom is 1.00 e. The van der Waals surface area contributed by atoms with Crippen molar-refractivity contribution >= 4 is 18.9 Å². The Balaban J connectivity index is 0.00000169. The van der Waals surface area contributed by atoms with Gasteiger partial charge >= 0.3 is 29.6 Å². The minimum Gasteiger partial charge on any atom is -0.756 e. The van der Waals surface area contributed by atoms with Crippen molar-refractivity contribution in [3.05, 3.63) is 29.6 Å². The molecule has 124 valence electrons. The van der Waals surface area contributed by atoms with Gasteiger partial charge in [-0.1, -0.05) is 0 Å². The summed E-state index contributed by atoms with van der Waals surface area (Å²) in [5.74, 6) is 0. The van der Waals surface area contributed by atoms with E-state index < -0.39 is 32.4 Å². The molecule has 2 aliphatic heterocycles. The van der Waals surface area contributed by atoms with Crippen LogP contribution in [0.5, 0.6) is 0 Å². The van der Waals surface area contributed by atoms with E-state index in [4.69, 9.17) is 9.26 Å². The van der Waals surface area contributed by atoms with Gasteiger partial charge in [0.15, 0.2) is 6.23 Å². The quantitative estimate of drug-likeness (QED) is 0.453. The number of aromatic nitrogens is 2. The molecule has 0 amide bonds. The topological polar surface area (TPSA) is 106 Å². The van der Waals surface area contributed by atoms with Crippen LogP contribution in [0.15, 0.2) is 18.5 Å². The molecule has 2 aromatic rings. The summed E-state index contributed by atoms with van der Waals surface area (Å²) in [6, 6.07) is 3.92. The number of phosphoric acid groups is 1. The van der Waals surface area contributed by atoms with Crippen LogP contribution in [-0.4, -0.2) is 39.6 Å². The first-order valence-corrected chi connectivity index (χ1v) is 8.73. The van der Waals surface area contributed by atoms with Crippen molar-refractivity contribution in [1.29, 1.82) is 0 Å². The second-order valence-corrected chi connectivity index (χ2v) is 7.31. The van der Waals surface area contributed by atoms with Gasteiger partial charge in [0.2, 0.25) is 0 Å². The third-order valence-electron chi connectivity index (χ3n) is 4.42. The normalized spacial score (nSPS) is 35.7. The van der Waals surface area contributed by atoms with Gasteiger partial charge in [-0.2, -0.15) is 0 Å². The number of hydrogen-bond acceptors (Lipinski definition) is 7. The average molecular weight is 362 g/mol. The van der Waals surface area contributed by atoms with E-state index >= 15 is 0 Å². The Hall–Kier alpha value is -0.280. The molecular formula is C14H16N2NaO6P. The molecule has 1 N–H and O–H groups in total. The van der Waals surface area contributed by atoms with Gasteiger partial charge in [-0.05, 0) is 37.1 Å². The van der Waals surface area contributed by atoms with E-state index in [0.717, 1.165) is 22.2 Å². The number of fused-ring (bicyclic) bond motifs is 2. The predicted molar refractivity (Wildman–Crippen MR) is 77.6 cm³/mol. The first-order valence-electron chi connectivity index (χ1n) is 7.27. The maximum atomic E-state index is 11.4. The number of nitrogens with zero attached hydrogens (tertiary/aromatic N) is 2. The number of benzene rings is 1. The average Bonchev–Trinajstić information content (AvgIpc) is 3.01. The smallest absolute Gasteiger partial charge is 0.756 e. The molecule has 10 heteroatoms. The number of phosphoric ester groups is 1. The zero-order valence-electron chi connectivity index (χ0n) is 13.6. The summed E-state index contributed by atoms with van der Waals surface area (Å²) in [4.78, 5) is 15.8. The van der Waals surface area contributed by atoms with Gasteiger partial charge < -0.3 is 28.4 Å². The molecule has 8 nitrogen and oxygen atoms in total. The zero-order valence-corrected chi connectivity index (χ0v) is 16.5. The van der Waals surface area contributed by atoms with Crippen molar-refractivity contribution in [3.63, 3.8) is 0 Å². The second-order valence-electron chi connectivity index (χ2n) is 5.95. The fourth-order valence-electron chi connectivity index (χ4n) is 3.04. The van der Waals surface area contributed by atoms with Crippen molar-refractivity contribution in [1.82, 2.24) is 9.55 Å². The van der Waals surface area contributed by atoms with Crippen LogP contribution in [0.2, 0.25) is 0 Å². The van der Waals surface area contributed by atoms with Gasteiger partial charge in [-0.25, -0.2) is 4.98 Å². The van der Waals surface area contributed by atoms with E-state index in [1.807, 2.05) is 26.0 Å². The molecule has 1 aromatic heterocycles. The predicted octanol–water partition coefficient (Wildman–Crippen LogP) is -2.20. The van der Waals surface area contributed by atoms with Gasteiger partial charge in [0.25, 0.3) is 7.82 Å². The largest absolute Gasteiger partial charge is 1.00 e. The van der Waals surface area contributed by atoms with Crippen LogP contribution in [0.4, 0.5) is 0 Å². The van der Waals surface area contributed by atoms with Crippen molar-refractivity contribution in [3.8, 4) is 0 Å². The fourth-order valence-corrected chi connectivity index (χ4v) is 3.99. The number of aryl methyl sites for hydroxylation is 2. The third-order valence-corrected chi connectivity index (χ3v) is 5.39. The molecule has 3 heterocycles. The summed E-state index contributed by atoms with van der Waals surface area (Å²) < 4.78 is 28.4. The minimum absolute atomic E-state index is 0. The molecule has 1 unspecified atom stereocenters. The summed E-state index contributed by atoms with van der Waals surface area (Å²) in [5, 5.41) is 10.5. The Morgan fingerprint density at radius 1 is 1.38 bits per heavy atom. The molecule has 24 heavy (non-hydrogen) atoms. The van der Waals surface area contributed by atoms with E-state index in [9.17, 15) is 14.6 Å². The van der Waals surface area contributed by atoms with Crippen LogP contribution < -0.4 is 34.5 Å². The van der Waals surface area contributed by atoms with Gasteiger partial charge in [0, 0.05) is 0 Å². The van der Waals surface area contributed by atoms with Gasteiger partial charge in [0.1, 0.15) is 18.3 Å². The molecule has 0 saturated carbocycles. The van der Waals surface area contributed by atoms with Crippen LogP contribution >= 0.6 is 7.82 Å². The van der Waals surface area contributed by atoms with Gasteiger partial charge in [-0.15, -0.1) is 0 Å². The number of aliphatic hydroxyl groups is 1. The van der Waals surface area contributed by atoms with Crippen LogP contribution in [0, 0.1) is 13.8 Å². The molecule has 0 spiro atoms. The maximum absolute atomic E-state index is 11.4. The molecular weight excluding hydrogens is 346 g/mol. The standard InChI is InChI=1S/C14H17N2O6P.Na/c1-7-3-9-10(4-8(7)2)16(6-15-9)14-12(17)13-11(21-14)5-20-23(18,19)22-13;/h3-4,6,11-14,17H,5H2,1-2H3,(H,18,19);/q;+1/p-1/t11-,12-,13-,14-;/m1./s1. The van der Waals surface area contributed by atoms with Crippen molar-refractivity contribution < 1.29 is 57.9 Å². The Kier molecular flexibility index (Phi) is 4.99. The number of rotatable bonds is 1. The van der Waals surface area contributed by atoms with Crippen LogP contribution in [0.25, 0.3) is 11.0 Å². The van der Waals surface area contributed by atoms with Crippen molar-refractivity contribution in [2.45, 2.75) is 38.4 Å². The number of imidazole rings is 1. The minimum atomic E-state index is -4.37. The molecule has 1 aromatic carbocycles. The summed E-state index contributed by atoms with van der Waals surface area (Å²) in [6.45, 7) is 3.83. The second kappa shape index (κ2) is 6.46. The van der Waals surface area contributed by atoms with E-state index in [1.165, 1.54) is 0 Å². The van der Waals surface area contributed by atoms with E-state index in [2.05, 4.69) is 9.51 Å². The molecule has 4 rings (SSSR count). The van der Waals surface area contributed by atoms with E-state index in [-0.39, 0.29) is 36.2 Å². The van der Waals surface area contributed by atoms with Crippen LogP contribution in [0.3, 0.4) is 0 Å². The Bertz CT molecular complexity index is 827. The number of ether oxygens (including phenoxy) is 1. The van der Waals surface area contributed by atoms with Crippen molar-refractivity contribution in [2.75, 3.05) is 6.61 Å². The molecule has 0 aliphatic carbocycles.